The maximum atomic E-state index is 4.93. The van der Waals surface area contributed by atoms with E-state index in [-0.39, 0.29) is 0 Å². The molecule has 0 atom stereocenters. The normalized spacial score (nSPS) is 12.0. The molecule has 0 bridgehead atoms. The molecule has 0 spiro atoms. The third kappa shape index (κ3) is 6.25. The maximum Gasteiger partial charge on any atom is 0.195 e. The molecule has 0 unspecified atom stereocenters. The Morgan fingerprint density at radius 3 is 2.18 bits per heavy atom. The van der Waals surface area contributed by atoms with E-state index in [1.165, 1.54) is 0 Å². The Morgan fingerprint density at radius 2 is 1.73 bits per heavy atom. The van der Waals surface area contributed by atoms with Crippen molar-refractivity contribution < 1.29 is 19.2 Å². The number of methoxy groups -OCH3 is 2. The zero-order valence-electron chi connectivity index (χ0n) is 7.55. The molecule has 0 aromatic rings. The second kappa shape index (κ2) is 5.49. The van der Waals surface area contributed by atoms with Crippen molar-refractivity contribution in [2.75, 3.05) is 27.4 Å². The van der Waals surface area contributed by atoms with Crippen LogP contribution in [0.4, 0.5) is 0 Å². The number of hydrogen-bond acceptors (Lipinski definition) is 4. The van der Waals surface area contributed by atoms with Crippen molar-refractivity contribution in [1.82, 2.24) is 0 Å². The van der Waals surface area contributed by atoms with Crippen molar-refractivity contribution in [3.8, 4) is 0 Å². The summed E-state index contributed by atoms with van der Waals surface area (Å²) in [4.78, 5) is 9.66. The second-order valence-corrected chi connectivity index (χ2v) is 2.50. The highest BCUT2D eigenvalue weighted by atomic mass is 17.2. The van der Waals surface area contributed by atoms with E-state index in [4.69, 9.17) is 19.2 Å². The molecular formula is C7H16O4. The summed E-state index contributed by atoms with van der Waals surface area (Å²) in [7, 11) is 3.16. The number of rotatable bonds is 6. The lowest BCUT2D eigenvalue weighted by atomic mass is 10.4. The van der Waals surface area contributed by atoms with Crippen LogP contribution in [0.3, 0.4) is 0 Å². The highest BCUT2D eigenvalue weighted by Crippen LogP contribution is 2.08. The fraction of sp³-hybridized carbons (Fsp3) is 1.00. The first kappa shape index (κ1) is 10.8. The molecule has 4 nitrogen and oxygen atoms in total. The van der Waals surface area contributed by atoms with Gasteiger partial charge in [-0.05, 0) is 13.8 Å². The Kier molecular flexibility index (Phi) is 5.41. The monoisotopic (exact) mass is 164 g/mol. The zero-order valence-corrected chi connectivity index (χ0v) is 7.55. The molecule has 0 heterocycles. The molecule has 11 heavy (non-hydrogen) atoms. The fourth-order valence-electron chi connectivity index (χ4n) is 0.335. The quantitative estimate of drug-likeness (QED) is 0.253. The van der Waals surface area contributed by atoms with Gasteiger partial charge in [0.1, 0.15) is 6.61 Å². The van der Waals surface area contributed by atoms with Crippen molar-refractivity contribution in [1.29, 1.82) is 0 Å². The van der Waals surface area contributed by atoms with Crippen molar-refractivity contribution >= 4 is 0 Å². The molecule has 0 saturated heterocycles. The van der Waals surface area contributed by atoms with Gasteiger partial charge in [-0.2, -0.15) is 0 Å². The van der Waals surface area contributed by atoms with Crippen molar-refractivity contribution in [2.24, 2.45) is 0 Å². The van der Waals surface area contributed by atoms with Gasteiger partial charge in [0.25, 0.3) is 0 Å². The smallest absolute Gasteiger partial charge is 0.195 e. The lowest BCUT2D eigenvalue weighted by Crippen LogP contribution is -2.27. The zero-order chi connectivity index (χ0) is 8.74. The Hall–Kier alpha value is -0.160. The van der Waals surface area contributed by atoms with Crippen LogP contribution in [0.1, 0.15) is 13.8 Å². The third-order valence-electron chi connectivity index (χ3n) is 1.12. The fourth-order valence-corrected chi connectivity index (χ4v) is 0.335. The van der Waals surface area contributed by atoms with Crippen LogP contribution < -0.4 is 0 Å². The standard InChI is InChI=1S/C7H16O4/c1-7(2,9-4)11-10-6-5-8-3/h5-6H2,1-4H3. The van der Waals surface area contributed by atoms with Crippen LogP contribution in [-0.2, 0) is 19.2 Å². The molecule has 0 aliphatic rings. The van der Waals surface area contributed by atoms with Gasteiger partial charge in [-0.25, -0.2) is 9.78 Å². The van der Waals surface area contributed by atoms with Gasteiger partial charge < -0.3 is 9.47 Å². The summed E-state index contributed by atoms with van der Waals surface area (Å²) in [5.41, 5.74) is 0. The van der Waals surface area contributed by atoms with Crippen LogP contribution in [0.25, 0.3) is 0 Å². The summed E-state index contributed by atoms with van der Waals surface area (Å²) in [6, 6.07) is 0. The minimum absolute atomic E-state index is 0.406. The van der Waals surface area contributed by atoms with Gasteiger partial charge in [-0.3, -0.25) is 0 Å². The molecule has 0 aliphatic carbocycles. The Balaban J connectivity index is 3.23. The van der Waals surface area contributed by atoms with E-state index in [9.17, 15) is 0 Å². The molecular weight excluding hydrogens is 148 g/mol. The SMILES string of the molecule is COCCOOC(C)(C)OC. The molecule has 68 valence electrons. The topological polar surface area (TPSA) is 36.9 Å². The molecule has 0 radical (unpaired) electrons. The maximum absolute atomic E-state index is 4.93. The molecule has 4 heteroatoms. The van der Waals surface area contributed by atoms with Gasteiger partial charge in [-0.15, -0.1) is 0 Å². The first-order valence-electron chi connectivity index (χ1n) is 3.47. The Labute approximate surface area is 67.3 Å². The molecule has 0 amide bonds. The van der Waals surface area contributed by atoms with E-state index >= 15 is 0 Å². The van der Waals surface area contributed by atoms with Crippen molar-refractivity contribution in [3.63, 3.8) is 0 Å². The summed E-state index contributed by atoms with van der Waals surface area (Å²) in [6.45, 7) is 4.45. The third-order valence-corrected chi connectivity index (χ3v) is 1.12. The van der Waals surface area contributed by atoms with Crippen LogP contribution in [0.15, 0.2) is 0 Å². The summed E-state index contributed by atoms with van der Waals surface area (Å²) < 4.78 is 9.67. The first-order valence-corrected chi connectivity index (χ1v) is 3.47. The van der Waals surface area contributed by atoms with E-state index in [1.54, 1.807) is 28.1 Å². The van der Waals surface area contributed by atoms with Crippen LogP contribution >= 0.6 is 0 Å². The van der Waals surface area contributed by atoms with Crippen LogP contribution in [0.5, 0.6) is 0 Å². The summed E-state index contributed by atoms with van der Waals surface area (Å²) >= 11 is 0. The summed E-state index contributed by atoms with van der Waals surface area (Å²) in [5, 5.41) is 0. The van der Waals surface area contributed by atoms with Crippen LogP contribution in [0.2, 0.25) is 0 Å². The molecule has 0 N–H and O–H groups in total. The minimum atomic E-state index is -0.687. The molecule has 0 aliphatic heterocycles. The average molecular weight is 164 g/mol. The van der Waals surface area contributed by atoms with E-state index in [1.807, 2.05) is 0 Å². The summed E-state index contributed by atoms with van der Waals surface area (Å²) in [6.07, 6.45) is 0. The van der Waals surface area contributed by atoms with E-state index in [0.717, 1.165) is 0 Å². The van der Waals surface area contributed by atoms with Crippen LogP contribution in [-0.4, -0.2) is 33.2 Å². The van der Waals surface area contributed by atoms with Gasteiger partial charge >= 0.3 is 0 Å². The minimum Gasteiger partial charge on any atom is -0.382 e. The average Bonchev–Trinajstić information content (AvgIpc) is 1.99. The van der Waals surface area contributed by atoms with Crippen molar-refractivity contribution in [2.45, 2.75) is 19.6 Å². The first-order chi connectivity index (χ1) is 5.12. The van der Waals surface area contributed by atoms with Gasteiger partial charge in [0.15, 0.2) is 5.79 Å². The number of ether oxygens (including phenoxy) is 2. The molecule has 0 fully saturated rings. The van der Waals surface area contributed by atoms with Crippen LogP contribution in [0, 0.1) is 0 Å². The van der Waals surface area contributed by atoms with E-state index < -0.39 is 5.79 Å². The lowest BCUT2D eigenvalue weighted by Gasteiger charge is -2.21. The van der Waals surface area contributed by atoms with Gasteiger partial charge in [0, 0.05) is 14.2 Å². The predicted molar refractivity (Wildman–Crippen MR) is 40.0 cm³/mol. The molecule has 0 saturated carbocycles. The highest BCUT2D eigenvalue weighted by molar-refractivity contribution is 4.46. The predicted octanol–water partition coefficient (Wildman–Crippen LogP) is 0.964. The Bertz CT molecular complexity index is 92.4. The van der Waals surface area contributed by atoms with E-state index in [0.29, 0.717) is 13.2 Å². The molecule has 0 rings (SSSR count). The lowest BCUT2D eigenvalue weighted by molar-refractivity contribution is -0.414. The van der Waals surface area contributed by atoms with Gasteiger partial charge in [0.2, 0.25) is 0 Å². The Morgan fingerprint density at radius 1 is 1.09 bits per heavy atom. The highest BCUT2D eigenvalue weighted by Gasteiger charge is 2.17. The molecule has 0 aromatic carbocycles. The van der Waals surface area contributed by atoms with E-state index in [2.05, 4.69) is 0 Å². The number of hydrogen-bond donors (Lipinski definition) is 0. The second-order valence-electron chi connectivity index (χ2n) is 2.50. The van der Waals surface area contributed by atoms with Gasteiger partial charge in [-0.1, -0.05) is 0 Å². The van der Waals surface area contributed by atoms with Crippen molar-refractivity contribution in [3.05, 3.63) is 0 Å². The summed E-state index contributed by atoms with van der Waals surface area (Å²) in [5.74, 6) is -0.687. The molecule has 0 aromatic heterocycles. The largest absolute Gasteiger partial charge is 0.382 e. The van der Waals surface area contributed by atoms with Gasteiger partial charge in [0.05, 0.1) is 6.61 Å².